The van der Waals surface area contributed by atoms with E-state index in [1.54, 1.807) is 7.11 Å². The van der Waals surface area contributed by atoms with Gasteiger partial charge >= 0.3 is 0 Å². The Morgan fingerprint density at radius 2 is 2.12 bits per heavy atom. The molecule has 17 heavy (non-hydrogen) atoms. The molecule has 1 saturated carbocycles. The Morgan fingerprint density at radius 3 is 2.71 bits per heavy atom. The standard InChI is InChI=1S/C14H30N2O/c1-4-12-6-7-13(11-15)14(10-12)16(2)8-5-9-17-3/h12-14H,4-11,15H2,1-3H3. The summed E-state index contributed by atoms with van der Waals surface area (Å²) in [4.78, 5) is 2.51. The van der Waals surface area contributed by atoms with Crippen molar-refractivity contribution in [3.05, 3.63) is 0 Å². The number of ether oxygens (including phenoxy) is 1. The van der Waals surface area contributed by atoms with Crippen LogP contribution in [0.15, 0.2) is 0 Å². The molecule has 0 aromatic rings. The summed E-state index contributed by atoms with van der Waals surface area (Å²) in [7, 11) is 4.03. The molecule has 102 valence electrons. The second-order valence-electron chi connectivity index (χ2n) is 5.48. The lowest BCUT2D eigenvalue weighted by molar-refractivity contribution is 0.0912. The molecule has 0 bridgehead atoms. The van der Waals surface area contributed by atoms with Crippen molar-refractivity contribution in [3.63, 3.8) is 0 Å². The van der Waals surface area contributed by atoms with Crippen LogP contribution in [0.5, 0.6) is 0 Å². The Balaban J connectivity index is 2.44. The van der Waals surface area contributed by atoms with Crippen LogP contribution in [0.4, 0.5) is 0 Å². The van der Waals surface area contributed by atoms with E-state index >= 15 is 0 Å². The molecule has 1 aliphatic carbocycles. The molecule has 0 spiro atoms. The largest absolute Gasteiger partial charge is 0.385 e. The van der Waals surface area contributed by atoms with Gasteiger partial charge in [-0.3, -0.25) is 0 Å². The third kappa shape index (κ3) is 4.57. The quantitative estimate of drug-likeness (QED) is 0.695. The van der Waals surface area contributed by atoms with Gasteiger partial charge in [-0.15, -0.1) is 0 Å². The molecule has 0 radical (unpaired) electrons. The minimum atomic E-state index is 0.690. The van der Waals surface area contributed by atoms with E-state index in [4.69, 9.17) is 10.5 Å². The molecular formula is C14H30N2O. The van der Waals surface area contributed by atoms with Crippen molar-refractivity contribution in [2.75, 3.05) is 33.9 Å². The van der Waals surface area contributed by atoms with Crippen molar-refractivity contribution in [2.24, 2.45) is 17.6 Å². The highest BCUT2D eigenvalue weighted by atomic mass is 16.5. The number of rotatable bonds is 7. The van der Waals surface area contributed by atoms with Crippen molar-refractivity contribution in [1.82, 2.24) is 4.90 Å². The second-order valence-corrected chi connectivity index (χ2v) is 5.48. The summed E-state index contributed by atoms with van der Waals surface area (Å²) in [5, 5.41) is 0. The molecule has 1 aliphatic rings. The summed E-state index contributed by atoms with van der Waals surface area (Å²) in [6.45, 7) is 5.15. The molecule has 3 atom stereocenters. The van der Waals surface area contributed by atoms with Gasteiger partial charge in [-0.25, -0.2) is 0 Å². The van der Waals surface area contributed by atoms with Gasteiger partial charge < -0.3 is 15.4 Å². The van der Waals surface area contributed by atoms with Gasteiger partial charge in [0, 0.05) is 26.3 Å². The molecular weight excluding hydrogens is 212 g/mol. The SMILES string of the molecule is CCC1CCC(CN)C(N(C)CCCOC)C1. The number of hydrogen-bond acceptors (Lipinski definition) is 3. The maximum Gasteiger partial charge on any atom is 0.0474 e. The zero-order valence-electron chi connectivity index (χ0n) is 11.8. The molecule has 1 fully saturated rings. The van der Waals surface area contributed by atoms with Crippen LogP contribution >= 0.6 is 0 Å². The lowest BCUT2D eigenvalue weighted by Gasteiger charge is -2.40. The first-order chi connectivity index (χ1) is 8.22. The monoisotopic (exact) mass is 242 g/mol. The van der Waals surface area contributed by atoms with Crippen LogP contribution < -0.4 is 5.73 Å². The second kappa shape index (κ2) is 8.06. The minimum Gasteiger partial charge on any atom is -0.385 e. The molecule has 3 unspecified atom stereocenters. The van der Waals surface area contributed by atoms with Crippen LogP contribution in [0.25, 0.3) is 0 Å². The number of hydrogen-bond donors (Lipinski definition) is 1. The Kier molecular flexibility index (Phi) is 7.09. The summed E-state index contributed by atoms with van der Waals surface area (Å²) >= 11 is 0. The molecule has 0 aromatic carbocycles. The van der Waals surface area contributed by atoms with E-state index in [-0.39, 0.29) is 0 Å². The first-order valence-corrected chi connectivity index (χ1v) is 7.12. The van der Waals surface area contributed by atoms with Crippen LogP contribution in [0.3, 0.4) is 0 Å². The number of methoxy groups -OCH3 is 1. The first-order valence-electron chi connectivity index (χ1n) is 7.12. The summed E-state index contributed by atoms with van der Waals surface area (Å²) in [6, 6.07) is 0.690. The van der Waals surface area contributed by atoms with Crippen LogP contribution in [0, 0.1) is 11.8 Å². The normalized spacial score (nSPS) is 29.8. The fraction of sp³-hybridized carbons (Fsp3) is 1.00. The van der Waals surface area contributed by atoms with Gasteiger partial charge in [0.15, 0.2) is 0 Å². The van der Waals surface area contributed by atoms with Gasteiger partial charge in [-0.2, -0.15) is 0 Å². The van der Waals surface area contributed by atoms with Gasteiger partial charge in [-0.1, -0.05) is 19.8 Å². The van der Waals surface area contributed by atoms with Crippen LogP contribution in [-0.4, -0.2) is 44.8 Å². The van der Waals surface area contributed by atoms with Crippen molar-refractivity contribution >= 4 is 0 Å². The van der Waals surface area contributed by atoms with Crippen LogP contribution in [0.1, 0.15) is 39.0 Å². The van der Waals surface area contributed by atoms with Gasteiger partial charge in [0.2, 0.25) is 0 Å². The molecule has 0 aliphatic heterocycles. The number of nitrogens with zero attached hydrogens (tertiary/aromatic N) is 1. The van der Waals surface area contributed by atoms with Gasteiger partial charge in [0.05, 0.1) is 0 Å². The van der Waals surface area contributed by atoms with E-state index in [0.29, 0.717) is 12.0 Å². The molecule has 3 nitrogen and oxygen atoms in total. The predicted molar refractivity (Wildman–Crippen MR) is 73.1 cm³/mol. The molecule has 0 saturated heterocycles. The smallest absolute Gasteiger partial charge is 0.0474 e. The van der Waals surface area contributed by atoms with Gasteiger partial charge in [0.1, 0.15) is 0 Å². The van der Waals surface area contributed by atoms with E-state index in [0.717, 1.165) is 32.0 Å². The van der Waals surface area contributed by atoms with Crippen molar-refractivity contribution in [3.8, 4) is 0 Å². The molecule has 2 N–H and O–H groups in total. The highest BCUT2D eigenvalue weighted by Gasteiger charge is 2.31. The Bertz CT molecular complexity index is 199. The summed E-state index contributed by atoms with van der Waals surface area (Å²) in [5.74, 6) is 1.61. The van der Waals surface area contributed by atoms with Gasteiger partial charge in [0.25, 0.3) is 0 Å². The summed E-state index contributed by atoms with van der Waals surface area (Å²) < 4.78 is 5.12. The summed E-state index contributed by atoms with van der Waals surface area (Å²) in [5.41, 5.74) is 5.92. The Morgan fingerprint density at radius 1 is 1.35 bits per heavy atom. The number of nitrogens with two attached hydrogens (primary N) is 1. The lowest BCUT2D eigenvalue weighted by Crippen LogP contribution is -2.45. The molecule has 0 amide bonds. The molecule has 0 aromatic heterocycles. The first kappa shape index (κ1) is 14.9. The Labute approximate surface area is 107 Å². The van der Waals surface area contributed by atoms with E-state index in [1.165, 1.54) is 25.7 Å². The van der Waals surface area contributed by atoms with E-state index in [1.807, 2.05) is 0 Å². The Hall–Kier alpha value is -0.120. The zero-order chi connectivity index (χ0) is 12.7. The predicted octanol–water partition coefficient (Wildman–Crippen LogP) is 2.11. The fourth-order valence-electron chi connectivity index (χ4n) is 3.10. The third-order valence-electron chi connectivity index (χ3n) is 4.37. The van der Waals surface area contributed by atoms with E-state index < -0.39 is 0 Å². The van der Waals surface area contributed by atoms with Crippen molar-refractivity contribution in [1.29, 1.82) is 0 Å². The third-order valence-corrected chi connectivity index (χ3v) is 4.37. The maximum atomic E-state index is 5.92. The molecule has 0 heterocycles. The molecule has 3 heteroatoms. The van der Waals surface area contributed by atoms with Crippen LogP contribution in [-0.2, 0) is 4.74 Å². The van der Waals surface area contributed by atoms with E-state index in [9.17, 15) is 0 Å². The lowest BCUT2D eigenvalue weighted by atomic mass is 9.76. The highest BCUT2D eigenvalue weighted by molar-refractivity contribution is 4.86. The van der Waals surface area contributed by atoms with Gasteiger partial charge in [-0.05, 0) is 44.7 Å². The zero-order valence-corrected chi connectivity index (χ0v) is 11.8. The van der Waals surface area contributed by atoms with E-state index in [2.05, 4.69) is 18.9 Å². The van der Waals surface area contributed by atoms with Crippen LogP contribution in [0.2, 0.25) is 0 Å². The minimum absolute atomic E-state index is 0.690. The van der Waals surface area contributed by atoms with Crippen molar-refractivity contribution in [2.45, 2.75) is 45.1 Å². The average molecular weight is 242 g/mol. The van der Waals surface area contributed by atoms with Crippen molar-refractivity contribution < 1.29 is 4.74 Å². The average Bonchev–Trinajstić information content (AvgIpc) is 2.38. The highest BCUT2D eigenvalue weighted by Crippen LogP contribution is 2.33. The molecule has 1 rings (SSSR count). The topological polar surface area (TPSA) is 38.5 Å². The summed E-state index contributed by atoms with van der Waals surface area (Å²) in [6.07, 6.45) is 6.47. The maximum absolute atomic E-state index is 5.92. The fourth-order valence-corrected chi connectivity index (χ4v) is 3.10.